The van der Waals surface area contributed by atoms with Crippen LogP contribution in [0.25, 0.3) is 0 Å². The van der Waals surface area contributed by atoms with Crippen LogP contribution in [-0.4, -0.2) is 30.2 Å². The zero-order valence-corrected chi connectivity index (χ0v) is 12.5. The molecule has 0 saturated carbocycles. The Bertz CT molecular complexity index is 231. The summed E-state index contributed by atoms with van der Waals surface area (Å²) in [6, 6.07) is 0. The molecule has 0 aromatic carbocycles. The fraction of sp³-hybridized carbons (Fsp3) is 0.929. The average molecular weight is 243 g/mol. The Kier molecular flexibility index (Phi) is 6.58. The molecule has 0 aliphatic rings. The molecule has 0 spiro atoms. The van der Waals surface area contributed by atoms with Gasteiger partial charge in [-0.05, 0) is 39.0 Å². The van der Waals surface area contributed by atoms with Crippen molar-refractivity contribution in [1.29, 1.82) is 0 Å². The molecular weight excluding hydrogens is 214 g/mol. The Hall–Kier alpha value is -0.730. The zero-order valence-electron chi connectivity index (χ0n) is 12.5. The van der Waals surface area contributed by atoms with Crippen LogP contribution in [-0.2, 0) is 4.74 Å². The van der Waals surface area contributed by atoms with Gasteiger partial charge in [-0.1, -0.05) is 27.2 Å². The Morgan fingerprint density at radius 3 is 2.18 bits per heavy atom. The molecule has 0 aromatic rings. The van der Waals surface area contributed by atoms with Crippen LogP contribution >= 0.6 is 0 Å². The number of amides is 1. The van der Waals surface area contributed by atoms with Crippen molar-refractivity contribution in [3.8, 4) is 0 Å². The lowest BCUT2D eigenvalue weighted by atomic mass is 9.94. The molecule has 102 valence electrons. The lowest BCUT2D eigenvalue weighted by Gasteiger charge is -2.27. The van der Waals surface area contributed by atoms with Crippen LogP contribution in [0.3, 0.4) is 0 Å². The first-order chi connectivity index (χ1) is 7.65. The fourth-order valence-corrected chi connectivity index (χ4v) is 1.84. The minimum atomic E-state index is -0.412. The highest BCUT2D eigenvalue weighted by atomic mass is 16.6. The van der Waals surface area contributed by atoms with Crippen molar-refractivity contribution in [2.75, 3.05) is 13.6 Å². The van der Waals surface area contributed by atoms with Crippen LogP contribution in [0.5, 0.6) is 0 Å². The molecule has 0 fully saturated rings. The number of rotatable bonds is 5. The monoisotopic (exact) mass is 243 g/mol. The highest BCUT2D eigenvalue weighted by Crippen LogP contribution is 2.17. The first kappa shape index (κ1) is 16.3. The fourth-order valence-electron chi connectivity index (χ4n) is 1.84. The average Bonchev–Trinajstić information content (AvgIpc) is 2.13. The minimum absolute atomic E-state index is 0.222. The molecule has 0 saturated heterocycles. The summed E-state index contributed by atoms with van der Waals surface area (Å²) in [5.74, 6) is 1.24. The normalized spacial score (nSPS) is 13.6. The van der Waals surface area contributed by atoms with E-state index in [0.29, 0.717) is 11.8 Å². The van der Waals surface area contributed by atoms with Crippen molar-refractivity contribution in [1.82, 2.24) is 4.90 Å². The van der Waals surface area contributed by atoms with E-state index in [1.807, 2.05) is 27.8 Å². The third-order valence-corrected chi connectivity index (χ3v) is 2.62. The largest absolute Gasteiger partial charge is 0.444 e. The van der Waals surface area contributed by atoms with Gasteiger partial charge in [0.05, 0.1) is 0 Å². The zero-order chi connectivity index (χ0) is 13.6. The van der Waals surface area contributed by atoms with E-state index in [0.717, 1.165) is 19.4 Å². The smallest absolute Gasteiger partial charge is 0.410 e. The summed E-state index contributed by atoms with van der Waals surface area (Å²) >= 11 is 0. The molecule has 1 atom stereocenters. The van der Waals surface area contributed by atoms with E-state index in [1.165, 1.54) is 0 Å². The van der Waals surface area contributed by atoms with Crippen LogP contribution in [0.2, 0.25) is 0 Å². The summed E-state index contributed by atoms with van der Waals surface area (Å²) in [6.07, 6.45) is 2.04. The summed E-state index contributed by atoms with van der Waals surface area (Å²) in [5, 5.41) is 0. The first-order valence-corrected chi connectivity index (χ1v) is 6.59. The molecule has 17 heavy (non-hydrogen) atoms. The number of ether oxygens (including phenoxy) is 1. The number of hydrogen-bond donors (Lipinski definition) is 0. The van der Waals surface area contributed by atoms with Crippen LogP contribution in [0.1, 0.15) is 54.4 Å². The van der Waals surface area contributed by atoms with Crippen molar-refractivity contribution in [2.45, 2.75) is 60.0 Å². The van der Waals surface area contributed by atoms with Crippen molar-refractivity contribution >= 4 is 6.09 Å². The van der Waals surface area contributed by atoms with Crippen molar-refractivity contribution < 1.29 is 9.53 Å². The lowest BCUT2D eigenvalue weighted by molar-refractivity contribution is 0.0266. The van der Waals surface area contributed by atoms with Crippen molar-refractivity contribution in [3.05, 3.63) is 0 Å². The summed E-state index contributed by atoms with van der Waals surface area (Å²) in [5.41, 5.74) is -0.412. The number of carbonyl (C=O) groups excluding carboxylic acids is 1. The molecular formula is C14H29NO2. The number of hydrogen-bond acceptors (Lipinski definition) is 2. The van der Waals surface area contributed by atoms with Crippen molar-refractivity contribution in [2.24, 2.45) is 11.8 Å². The van der Waals surface area contributed by atoms with Crippen LogP contribution < -0.4 is 0 Å². The van der Waals surface area contributed by atoms with E-state index in [4.69, 9.17) is 4.74 Å². The molecule has 0 N–H and O–H groups in total. The van der Waals surface area contributed by atoms with Gasteiger partial charge in [0.25, 0.3) is 0 Å². The maximum atomic E-state index is 11.8. The molecule has 0 rings (SSSR count). The Balaban J connectivity index is 4.22. The molecule has 3 heteroatoms. The molecule has 0 radical (unpaired) electrons. The van der Waals surface area contributed by atoms with Gasteiger partial charge >= 0.3 is 6.09 Å². The molecule has 1 unspecified atom stereocenters. The van der Waals surface area contributed by atoms with Gasteiger partial charge in [-0.3, -0.25) is 0 Å². The summed E-state index contributed by atoms with van der Waals surface area (Å²) in [6.45, 7) is 13.1. The van der Waals surface area contributed by atoms with Crippen molar-refractivity contribution in [3.63, 3.8) is 0 Å². The van der Waals surface area contributed by atoms with Gasteiger partial charge in [0.1, 0.15) is 5.60 Å². The molecule has 0 heterocycles. The van der Waals surface area contributed by atoms with Crippen LogP contribution in [0.4, 0.5) is 4.79 Å². The minimum Gasteiger partial charge on any atom is -0.444 e. The summed E-state index contributed by atoms with van der Waals surface area (Å²) in [4.78, 5) is 13.5. The third-order valence-electron chi connectivity index (χ3n) is 2.62. The molecule has 1 amide bonds. The van der Waals surface area contributed by atoms with Gasteiger partial charge in [-0.15, -0.1) is 0 Å². The van der Waals surface area contributed by atoms with Gasteiger partial charge in [0.15, 0.2) is 0 Å². The van der Waals surface area contributed by atoms with Crippen LogP contribution in [0, 0.1) is 11.8 Å². The molecule has 3 nitrogen and oxygen atoms in total. The quantitative estimate of drug-likeness (QED) is 0.732. The highest BCUT2D eigenvalue weighted by molar-refractivity contribution is 5.67. The third kappa shape index (κ3) is 8.06. The van der Waals surface area contributed by atoms with Gasteiger partial charge in [0.2, 0.25) is 0 Å². The maximum absolute atomic E-state index is 11.8. The van der Waals surface area contributed by atoms with Gasteiger partial charge in [0, 0.05) is 13.6 Å². The Morgan fingerprint density at radius 2 is 1.82 bits per heavy atom. The molecule has 0 bridgehead atoms. The molecule has 0 aromatic heterocycles. The second kappa shape index (κ2) is 6.87. The van der Waals surface area contributed by atoms with E-state index in [1.54, 1.807) is 4.90 Å². The Labute approximate surface area is 107 Å². The SMILES string of the molecule is CCC(CC(C)C)CN(C)C(=O)OC(C)(C)C. The number of nitrogens with zero attached hydrogens (tertiary/aromatic N) is 1. The summed E-state index contributed by atoms with van der Waals surface area (Å²) < 4.78 is 5.34. The standard InChI is InChI=1S/C14H29NO2/c1-8-12(9-11(2)3)10-15(7)13(16)17-14(4,5)6/h11-12H,8-10H2,1-7H3. The maximum Gasteiger partial charge on any atom is 0.410 e. The van der Waals surface area contributed by atoms with Gasteiger partial charge < -0.3 is 9.64 Å². The number of carbonyl (C=O) groups is 1. The van der Waals surface area contributed by atoms with E-state index in [-0.39, 0.29) is 6.09 Å². The first-order valence-electron chi connectivity index (χ1n) is 6.59. The second-order valence-corrected chi connectivity index (χ2v) is 6.26. The highest BCUT2D eigenvalue weighted by Gasteiger charge is 2.21. The lowest BCUT2D eigenvalue weighted by Crippen LogP contribution is -2.37. The Morgan fingerprint density at radius 1 is 1.29 bits per heavy atom. The van der Waals surface area contributed by atoms with E-state index < -0.39 is 5.60 Å². The molecule has 0 aliphatic heterocycles. The van der Waals surface area contributed by atoms with E-state index in [2.05, 4.69) is 20.8 Å². The topological polar surface area (TPSA) is 29.5 Å². The van der Waals surface area contributed by atoms with E-state index >= 15 is 0 Å². The molecule has 0 aliphatic carbocycles. The second-order valence-electron chi connectivity index (χ2n) is 6.26. The van der Waals surface area contributed by atoms with Crippen LogP contribution in [0.15, 0.2) is 0 Å². The van der Waals surface area contributed by atoms with Gasteiger partial charge in [-0.25, -0.2) is 4.79 Å². The predicted molar refractivity (Wildman–Crippen MR) is 72.1 cm³/mol. The van der Waals surface area contributed by atoms with Gasteiger partial charge in [-0.2, -0.15) is 0 Å². The predicted octanol–water partition coefficient (Wildman–Crippen LogP) is 3.93. The summed E-state index contributed by atoms with van der Waals surface area (Å²) in [7, 11) is 1.82. The van der Waals surface area contributed by atoms with E-state index in [9.17, 15) is 4.79 Å².